The number of aliphatic carboxylic acids is 2. The molecule has 0 unspecified atom stereocenters. The van der Waals surface area contributed by atoms with Gasteiger partial charge in [-0.25, -0.2) is 9.59 Å². The summed E-state index contributed by atoms with van der Waals surface area (Å²) in [6.45, 7) is 3.69. The summed E-state index contributed by atoms with van der Waals surface area (Å²) >= 11 is 0. The minimum absolute atomic E-state index is 0.183. The summed E-state index contributed by atoms with van der Waals surface area (Å²) in [6, 6.07) is 11.3. The first-order chi connectivity index (χ1) is 14.8. The van der Waals surface area contributed by atoms with Gasteiger partial charge in [0.2, 0.25) is 0 Å². The molecule has 0 saturated carbocycles. The van der Waals surface area contributed by atoms with Gasteiger partial charge in [-0.3, -0.25) is 0 Å². The molecule has 0 N–H and O–H groups in total. The Morgan fingerprint density at radius 2 is 1.13 bits per heavy atom. The van der Waals surface area contributed by atoms with Gasteiger partial charge in [0.1, 0.15) is 0 Å². The first-order valence-electron chi connectivity index (χ1n) is 9.72. The minimum atomic E-state index is -1.85. The lowest BCUT2D eigenvalue weighted by molar-refractivity contribution is -0.313. The van der Waals surface area contributed by atoms with E-state index >= 15 is 0 Å². The van der Waals surface area contributed by atoms with E-state index in [1.54, 1.807) is 13.8 Å². The van der Waals surface area contributed by atoms with Crippen molar-refractivity contribution in [1.82, 2.24) is 0 Å². The molecular weight excluding hydrogens is 404 g/mol. The molecule has 0 spiro atoms. The van der Waals surface area contributed by atoms with E-state index in [0.29, 0.717) is 0 Å². The lowest BCUT2D eigenvalue weighted by Gasteiger charge is -2.36. The van der Waals surface area contributed by atoms with Crippen molar-refractivity contribution >= 4 is 23.9 Å². The second-order valence-corrected chi connectivity index (χ2v) is 6.66. The maximum absolute atomic E-state index is 12.4. The number of benzene rings is 2. The zero-order valence-corrected chi connectivity index (χ0v) is 17.2. The summed E-state index contributed by atoms with van der Waals surface area (Å²) in [7, 11) is 0. The Hall–Kier alpha value is -3.68. The second-order valence-electron chi connectivity index (χ2n) is 6.66. The van der Waals surface area contributed by atoms with Gasteiger partial charge in [0.15, 0.2) is 0 Å². The fourth-order valence-corrected chi connectivity index (χ4v) is 3.29. The summed E-state index contributed by atoms with van der Waals surface area (Å²) in [5, 5.41) is 23.5. The number of esters is 2. The number of carbonyl (C=O) groups is 4. The molecule has 164 valence electrons. The van der Waals surface area contributed by atoms with E-state index in [0.717, 1.165) is 0 Å². The summed E-state index contributed by atoms with van der Waals surface area (Å²) in [5.41, 5.74) is -0.984. The molecule has 0 aromatic heterocycles. The smallest absolute Gasteiger partial charge is 0.338 e. The predicted octanol–water partition coefficient (Wildman–Crippen LogP) is 0.606. The highest BCUT2D eigenvalue weighted by molar-refractivity contribution is 5.91. The van der Waals surface area contributed by atoms with E-state index in [9.17, 15) is 29.4 Å². The second kappa shape index (κ2) is 10.4. The third-order valence-electron chi connectivity index (χ3n) is 4.83. The Kier molecular flexibility index (Phi) is 7.90. The van der Waals surface area contributed by atoms with E-state index in [4.69, 9.17) is 9.47 Å². The molecule has 0 aliphatic rings. The number of carbonyl (C=O) groups excluding carboxylic acids is 4. The Labute approximate surface area is 179 Å². The van der Waals surface area contributed by atoms with Crippen molar-refractivity contribution in [2.24, 2.45) is 0 Å². The highest BCUT2D eigenvalue weighted by Gasteiger charge is 2.36. The Morgan fingerprint density at radius 1 is 0.742 bits per heavy atom. The van der Waals surface area contributed by atoms with Crippen molar-refractivity contribution in [2.75, 3.05) is 13.2 Å². The Balaban J connectivity index is 2.55. The van der Waals surface area contributed by atoms with Crippen LogP contribution >= 0.6 is 0 Å². The first kappa shape index (κ1) is 23.6. The van der Waals surface area contributed by atoms with Crippen LogP contribution in [0.2, 0.25) is 0 Å². The quantitative estimate of drug-likeness (QED) is 0.505. The van der Waals surface area contributed by atoms with Gasteiger partial charge in [-0.05, 0) is 62.1 Å². The maximum atomic E-state index is 12.4. The maximum Gasteiger partial charge on any atom is 0.338 e. The van der Waals surface area contributed by atoms with Gasteiger partial charge in [0.25, 0.3) is 0 Å². The molecule has 8 heteroatoms. The van der Waals surface area contributed by atoms with Gasteiger partial charge < -0.3 is 29.3 Å². The number of hydrogen-bond acceptors (Lipinski definition) is 8. The zero-order valence-electron chi connectivity index (χ0n) is 17.2. The van der Waals surface area contributed by atoms with Gasteiger partial charge in [-0.2, -0.15) is 0 Å². The van der Waals surface area contributed by atoms with Crippen molar-refractivity contribution in [1.29, 1.82) is 0 Å². The first-order valence-corrected chi connectivity index (χ1v) is 9.72. The average Bonchev–Trinajstić information content (AvgIpc) is 2.75. The SMILES string of the molecule is CCOC(=O)c1ccc(C(CCC(=O)[O-])(C(=O)[O-])c2ccc(C(=O)OCC)cc2)cc1. The van der Waals surface area contributed by atoms with E-state index in [-0.39, 0.29) is 41.9 Å². The largest absolute Gasteiger partial charge is 0.550 e. The van der Waals surface area contributed by atoms with Crippen LogP contribution in [-0.4, -0.2) is 37.1 Å². The molecule has 2 rings (SSSR count). The summed E-state index contributed by atoms with van der Waals surface area (Å²) in [5.74, 6) is -4.08. The monoisotopic (exact) mass is 426 g/mol. The molecule has 0 saturated heterocycles. The fraction of sp³-hybridized carbons (Fsp3) is 0.304. The highest BCUT2D eigenvalue weighted by Crippen LogP contribution is 2.37. The van der Waals surface area contributed by atoms with Crippen molar-refractivity contribution in [3.63, 3.8) is 0 Å². The van der Waals surface area contributed by atoms with Crippen LogP contribution in [0.25, 0.3) is 0 Å². The molecule has 2 aromatic rings. The zero-order chi connectivity index (χ0) is 23.0. The van der Waals surface area contributed by atoms with Crippen LogP contribution in [0.5, 0.6) is 0 Å². The molecular formula is C23H22O8-2. The van der Waals surface area contributed by atoms with Crippen molar-refractivity contribution < 1.29 is 38.9 Å². The molecule has 31 heavy (non-hydrogen) atoms. The molecule has 0 aliphatic carbocycles. The lowest BCUT2D eigenvalue weighted by atomic mass is 9.71. The Bertz CT molecular complexity index is 883. The number of carboxylic acid groups (broad SMARTS) is 2. The molecule has 8 nitrogen and oxygen atoms in total. The molecule has 0 atom stereocenters. The standard InChI is InChI=1S/C23H24O8/c1-3-30-20(26)15-5-9-17(10-6-15)23(22(28)29,14-13-19(24)25)18-11-7-16(8-12-18)21(27)31-4-2/h5-12H,3-4,13-14H2,1-2H3,(H,24,25)(H,28,29)/p-2. The third-order valence-corrected chi connectivity index (χ3v) is 4.83. The molecule has 0 heterocycles. The van der Waals surface area contributed by atoms with Crippen molar-refractivity contribution in [2.45, 2.75) is 32.1 Å². The normalized spacial score (nSPS) is 10.9. The van der Waals surface area contributed by atoms with Gasteiger partial charge in [0.05, 0.1) is 35.7 Å². The number of rotatable bonds is 10. The molecule has 0 bridgehead atoms. The van der Waals surface area contributed by atoms with Crippen LogP contribution in [-0.2, 0) is 24.5 Å². The van der Waals surface area contributed by atoms with E-state index in [1.165, 1.54) is 48.5 Å². The lowest BCUT2D eigenvalue weighted by Crippen LogP contribution is -2.47. The van der Waals surface area contributed by atoms with Crippen molar-refractivity contribution in [3.05, 3.63) is 70.8 Å². The topological polar surface area (TPSA) is 133 Å². The van der Waals surface area contributed by atoms with Crippen LogP contribution in [0.15, 0.2) is 48.5 Å². The fourth-order valence-electron chi connectivity index (χ4n) is 3.29. The third kappa shape index (κ3) is 5.28. The van der Waals surface area contributed by atoms with Crippen LogP contribution < -0.4 is 10.2 Å². The number of carboxylic acids is 2. The average molecular weight is 426 g/mol. The summed E-state index contributed by atoms with van der Waals surface area (Å²) < 4.78 is 9.85. The molecule has 0 fully saturated rings. The van der Waals surface area contributed by atoms with Gasteiger partial charge >= 0.3 is 11.9 Å². The van der Waals surface area contributed by atoms with E-state index < -0.39 is 35.7 Å². The number of hydrogen-bond donors (Lipinski definition) is 0. The van der Waals surface area contributed by atoms with Crippen LogP contribution in [0.4, 0.5) is 0 Å². The molecule has 2 aromatic carbocycles. The Morgan fingerprint density at radius 3 is 1.42 bits per heavy atom. The summed E-state index contributed by atoms with van der Waals surface area (Å²) in [6.07, 6.45) is -0.900. The van der Waals surface area contributed by atoms with Gasteiger partial charge in [-0.15, -0.1) is 0 Å². The van der Waals surface area contributed by atoms with Crippen LogP contribution in [0.3, 0.4) is 0 Å². The van der Waals surface area contributed by atoms with Crippen LogP contribution in [0.1, 0.15) is 58.5 Å². The molecule has 0 aliphatic heterocycles. The minimum Gasteiger partial charge on any atom is -0.550 e. The van der Waals surface area contributed by atoms with E-state index in [1.807, 2.05) is 0 Å². The molecule has 0 radical (unpaired) electrons. The summed E-state index contributed by atoms with van der Waals surface area (Å²) in [4.78, 5) is 47.3. The van der Waals surface area contributed by atoms with Crippen molar-refractivity contribution in [3.8, 4) is 0 Å². The highest BCUT2D eigenvalue weighted by atomic mass is 16.5. The number of ether oxygens (including phenoxy) is 2. The van der Waals surface area contributed by atoms with Gasteiger partial charge in [0, 0.05) is 5.97 Å². The van der Waals surface area contributed by atoms with Crippen LogP contribution in [0, 0.1) is 0 Å². The van der Waals surface area contributed by atoms with Gasteiger partial charge in [-0.1, -0.05) is 24.3 Å². The predicted molar refractivity (Wildman–Crippen MR) is 105 cm³/mol. The molecule has 0 amide bonds. The van der Waals surface area contributed by atoms with E-state index in [2.05, 4.69) is 0 Å².